The molecule has 0 spiro atoms. The molecule has 1 unspecified atom stereocenters. The van der Waals surface area contributed by atoms with E-state index in [0.717, 1.165) is 12.1 Å². The third kappa shape index (κ3) is 5.65. The number of carbonyl (C=O) groups is 1. The second-order valence-electron chi connectivity index (χ2n) is 10.0. The molecule has 4 rings (SSSR count). The Morgan fingerprint density at radius 2 is 1.86 bits per heavy atom. The number of aromatic nitrogens is 1. The van der Waals surface area contributed by atoms with Crippen LogP contribution in [0.3, 0.4) is 0 Å². The lowest BCUT2D eigenvalue weighted by Crippen LogP contribution is -2.43. The van der Waals surface area contributed by atoms with E-state index in [-0.39, 0.29) is 24.5 Å². The van der Waals surface area contributed by atoms with Crippen LogP contribution in [0, 0.1) is 24.2 Å². The van der Waals surface area contributed by atoms with E-state index in [0.29, 0.717) is 24.1 Å². The van der Waals surface area contributed by atoms with E-state index < -0.39 is 55.2 Å². The van der Waals surface area contributed by atoms with Gasteiger partial charge < -0.3 is 10.1 Å². The van der Waals surface area contributed by atoms with Crippen molar-refractivity contribution in [3.8, 4) is 17.2 Å². The Morgan fingerprint density at radius 3 is 2.43 bits per heavy atom. The molecular formula is C26H28F3N3O4S. The summed E-state index contributed by atoms with van der Waals surface area (Å²) >= 11 is 0. The summed E-state index contributed by atoms with van der Waals surface area (Å²) in [6, 6.07) is 8.41. The molecule has 198 valence electrons. The van der Waals surface area contributed by atoms with Gasteiger partial charge in [0.25, 0.3) is 0 Å². The number of sulfone groups is 1. The van der Waals surface area contributed by atoms with Crippen LogP contribution >= 0.6 is 0 Å². The maximum atomic E-state index is 14.1. The van der Waals surface area contributed by atoms with E-state index in [2.05, 4.69) is 16.4 Å². The SMILES string of the molecule is Cc1cc(-c2ccc(S(=O)(=O)C3C[C@H](OC(C)C)[C@@H](C(=O)NC4(C#N)CC4)C3)c(C(F)(F)F)c2)ccn1. The lowest BCUT2D eigenvalue weighted by molar-refractivity contribution is -0.139. The third-order valence-electron chi connectivity index (χ3n) is 6.83. The molecule has 2 aliphatic carbocycles. The monoisotopic (exact) mass is 535 g/mol. The maximum absolute atomic E-state index is 14.1. The van der Waals surface area contributed by atoms with Gasteiger partial charge in [-0.05, 0) is 81.8 Å². The first-order chi connectivity index (χ1) is 17.3. The van der Waals surface area contributed by atoms with Gasteiger partial charge in [-0.1, -0.05) is 6.07 Å². The normalized spacial score (nSPS) is 23.0. The van der Waals surface area contributed by atoms with Crippen LogP contribution in [0.1, 0.15) is 50.8 Å². The predicted octanol–water partition coefficient (Wildman–Crippen LogP) is 4.59. The van der Waals surface area contributed by atoms with Crippen molar-refractivity contribution < 1.29 is 31.1 Å². The van der Waals surface area contributed by atoms with Crippen molar-refractivity contribution >= 4 is 15.7 Å². The fourth-order valence-corrected chi connectivity index (χ4v) is 6.79. The molecule has 1 amide bonds. The lowest BCUT2D eigenvalue weighted by Gasteiger charge is -2.22. The Bertz CT molecular complexity index is 1350. The molecule has 2 saturated carbocycles. The molecule has 3 atom stereocenters. The number of ether oxygens (including phenoxy) is 1. The van der Waals surface area contributed by atoms with Gasteiger partial charge in [0.1, 0.15) is 5.54 Å². The van der Waals surface area contributed by atoms with Crippen LogP contribution in [0.25, 0.3) is 11.1 Å². The van der Waals surface area contributed by atoms with E-state index in [9.17, 15) is 31.6 Å². The number of amides is 1. The van der Waals surface area contributed by atoms with E-state index in [4.69, 9.17) is 4.74 Å². The Balaban J connectivity index is 1.68. The molecule has 1 aromatic carbocycles. The van der Waals surface area contributed by atoms with Crippen LogP contribution in [0.15, 0.2) is 41.4 Å². The smallest absolute Gasteiger partial charge is 0.375 e. The topological polar surface area (TPSA) is 109 Å². The Morgan fingerprint density at radius 1 is 1.19 bits per heavy atom. The van der Waals surface area contributed by atoms with E-state index in [1.165, 1.54) is 12.3 Å². The third-order valence-corrected chi connectivity index (χ3v) is 9.06. The average Bonchev–Trinajstić information content (AvgIpc) is 3.46. The Hall–Kier alpha value is -2.97. The number of hydrogen-bond donors (Lipinski definition) is 1. The van der Waals surface area contributed by atoms with Crippen LogP contribution in [0.4, 0.5) is 13.2 Å². The summed E-state index contributed by atoms with van der Waals surface area (Å²) < 4.78 is 75.4. The van der Waals surface area contributed by atoms with Crippen LogP contribution in [-0.2, 0) is 25.5 Å². The number of nitrogens with zero attached hydrogens (tertiary/aromatic N) is 2. The highest BCUT2D eigenvalue weighted by Gasteiger charge is 2.51. The van der Waals surface area contributed by atoms with Crippen LogP contribution in [0.2, 0.25) is 0 Å². The Kier molecular flexibility index (Phi) is 7.12. The number of nitrogens with one attached hydrogen (secondary N) is 1. The van der Waals surface area contributed by atoms with Crippen molar-refractivity contribution in [1.29, 1.82) is 5.26 Å². The van der Waals surface area contributed by atoms with Crippen molar-refractivity contribution in [1.82, 2.24) is 10.3 Å². The van der Waals surface area contributed by atoms with Crippen molar-refractivity contribution in [2.75, 3.05) is 0 Å². The second kappa shape index (κ2) is 9.72. The van der Waals surface area contributed by atoms with Gasteiger partial charge in [-0.2, -0.15) is 18.4 Å². The second-order valence-corrected chi connectivity index (χ2v) is 12.2. The number of hydrogen-bond acceptors (Lipinski definition) is 6. The molecular weight excluding hydrogens is 507 g/mol. The molecule has 7 nitrogen and oxygen atoms in total. The number of pyridine rings is 1. The van der Waals surface area contributed by atoms with E-state index in [1.54, 1.807) is 32.9 Å². The molecule has 37 heavy (non-hydrogen) atoms. The molecule has 2 aliphatic rings. The summed E-state index contributed by atoms with van der Waals surface area (Å²) in [5.74, 6) is -1.41. The van der Waals surface area contributed by atoms with Gasteiger partial charge in [-0.25, -0.2) is 8.42 Å². The molecule has 0 saturated heterocycles. The summed E-state index contributed by atoms with van der Waals surface area (Å²) in [5.41, 5.74) is -0.904. The van der Waals surface area contributed by atoms with Gasteiger partial charge >= 0.3 is 6.18 Å². The molecule has 1 aromatic heterocycles. The van der Waals surface area contributed by atoms with E-state index in [1.807, 2.05) is 0 Å². The van der Waals surface area contributed by atoms with Crippen molar-refractivity contribution in [2.24, 2.45) is 5.92 Å². The van der Waals surface area contributed by atoms with Gasteiger partial charge in [0.05, 0.1) is 39.9 Å². The molecule has 0 aliphatic heterocycles. The first-order valence-electron chi connectivity index (χ1n) is 12.0. The summed E-state index contributed by atoms with van der Waals surface area (Å²) in [6.45, 7) is 5.17. The quantitative estimate of drug-likeness (QED) is 0.555. The summed E-state index contributed by atoms with van der Waals surface area (Å²) in [6.07, 6.45) is -3.91. The Labute approximate surface area is 214 Å². The zero-order chi connectivity index (χ0) is 27.2. The molecule has 2 fully saturated rings. The highest BCUT2D eigenvalue weighted by atomic mass is 32.2. The average molecular weight is 536 g/mol. The minimum atomic E-state index is -4.92. The van der Waals surface area contributed by atoms with Crippen LogP contribution in [0.5, 0.6) is 0 Å². The molecule has 0 bridgehead atoms. The van der Waals surface area contributed by atoms with Gasteiger partial charge in [0.2, 0.25) is 5.91 Å². The highest BCUT2D eigenvalue weighted by molar-refractivity contribution is 7.92. The van der Waals surface area contributed by atoms with Gasteiger partial charge in [0, 0.05) is 11.9 Å². The minimum Gasteiger partial charge on any atom is -0.375 e. The van der Waals surface area contributed by atoms with Crippen molar-refractivity contribution in [3.05, 3.63) is 47.8 Å². The minimum absolute atomic E-state index is 0.124. The number of carbonyl (C=O) groups excluding carboxylic acids is 1. The van der Waals surface area contributed by atoms with E-state index >= 15 is 0 Å². The standard InChI is InChI=1S/C26H28F3N3O4S/c1-15(2)36-22-13-19(12-20(22)24(33)32-25(14-30)7-8-25)37(34,35)23-5-4-17(11-21(23)26(27,28)29)18-6-9-31-16(3)10-18/h4-6,9-11,15,19-20,22H,7-8,12-13H2,1-3H3,(H,32,33)/t19?,20-,22-/m0/s1. The van der Waals surface area contributed by atoms with Gasteiger partial charge in [-0.15, -0.1) is 0 Å². The fourth-order valence-electron chi connectivity index (χ4n) is 4.79. The fraction of sp³-hybridized carbons (Fsp3) is 0.500. The summed E-state index contributed by atoms with van der Waals surface area (Å²) in [5, 5.41) is 10.7. The summed E-state index contributed by atoms with van der Waals surface area (Å²) in [4.78, 5) is 16.2. The first-order valence-corrected chi connectivity index (χ1v) is 13.6. The molecule has 0 radical (unpaired) electrons. The molecule has 2 aromatic rings. The molecule has 1 N–H and O–H groups in total. The van der Waals surface area contributed by atoms with Crippen LogP contribution in [-0.4, -0.2) is 42.3 Å². The first kappa shape index (κ1) is 27.1. The number of nitriles is 1. The van der Waals surface area contributed by atoms with Crippen LogP contribution < -0.4 is 5.32 Å². The summed E-state index contributed by atoms with van der Waals surface area (Å²) in [7, 11) is -4.49. The number of alkyl halides is 3. The largest absolute Gasteiger partial charge is 0.417 e. The molecule has 11 heteroatoms. The number of rotatable bonds is 7. The maximum Gasteiger partial charge on any atom is 0.417 e. The lowest BCUT2D eigenvalue weighted by atomic mass is 10.0. The highest BCUT2D eigenvalue weighted by Crippen LogP contribution is 2.43. The van der Waals surface area contributed by atoms with Gasteiger partial charge in [0.15, 0.2) is 9.84 Å². The zero-order valence-electron chi connectivity index (χ0n) is 20.7. The van der Waals surface area contributed by atoms with Crippen molar-refractivity contribution in [2.45, 2.75) is 80.5 Å². The number of halogens is 3. The molecule has 1 heterocycles. The predicted molar refractivity (Wildman–Crippen MR) is 129 cm³/mol. The number of aryl methyl sites for hydroxylation is 1. The van der Waals surface area contributed by atoms with Crippen molar-refractivity contribution in [3.63, 3.8) is 0 Å². The number of benzene rings is 1. The zero-order valence-corrected chi connectivity index (χ0v) is 21.5. The van der Waals surface area contributed by atoms with Gasteiger partial charge in [-0.3, -0.25) is 9.78 Å².